The molecule has 0 radical (unpaired) electrons. The van der Waals surface area contributed by atoms with Crippen molar-refractivity contribution in [1.29, 1.82) is 0 Å². The van der Waals surface area contributed by atoms with Crippen LogP contribution in [0.25, 0.3) is 11.4 Å². The molecular formula is C12H14N6. The summed E-state index contributed by atoms with van der Waals surface area (Å²) in [4.78, 5) is 19.4. The van der Waals surface area contributed by atoms with Crippen LogP contribution in [0.1, 0.15) is 0 Å². The summed E-state index contributed by atoms with van der Waals surface area (Å²) >= 11 is 0. The maximum absolute atomic E-state index is 4.55. The fraction of sp³-hybridized carbons (Fsp3) is 0.333. The molecule has 3 heterocycles. The first-order chi connectivity index (χ1) is 8.93. The molecule has 0 amide bonds. The zero-order valence-electron chi connectivity index (χ0n) is 9.95. The lowest BCUT2D eigenvalue weighted by atomic mass is 10.3. The highest BCUT2D eigenvalue weighted by Crippen LogP contribution is 2.15. The van der Waals surface area contributed by atoms with Crippen molar-refractivity contribution in [2.24, 2.45) is 0 Å². The van der Waals surface area contributed by atoms with Crippen molar-refractivity contribution in [3.05, 3.63) is 30.9 Å². The van der Waals surface area contributed by atoms with Gasteiger partial charge in [0.1, 0.15) is 5.69 Å². The minimum absolute atomic E-state index is 0.764. The van der Waals surface area contributed by atoms with Crippen LogP contribution < -0.4 is 10.2 Å². The Hall–Kier alpha value is -2.08. The lowest BCUT2D eigenvalue weighted by Gasteiger charge is -2.27. The molecule has 1 aliphatic rings. The van der Waals surface area contributed by atoms with Gasteiger partial charge < -0.3 is 10.2 Å². The van der Waals surface area contributed by atoms with E-state index in [-0.39, 0.29) is 0 Å². The van der Waals surface area contributed by atoms with Gasteiger partial charge in [-0.05, 0) is 6.07 Å². The highest BCUT2D eigenvalue weighted by atomic mass is 15.3. The Balaban J connectivity index is 1.89. The third-order valence-corrected chi connectivity index (χ3v) is 2.87. The topological polar surface area (TPSA) is 66.8 Å². The maximum atomic E-state index is 4.55. The van der Waals surface area contributed by atoms with Crippen molar-refractivity contribution in [2.45, 2.75) is 0 Å². The van der Waals surface area contributed by atoms with Gasteiger partial charge in [0.2, 0.25) is 5.95 Å². The molecule has 1 saturated heterocycles. The van der Waals surface area contributed by atoms with Gasteiger partial charge in [-0.2, -0.15) is 0 Å². The summed E-state index contributed by atoms with van der Waals surface area (Å²) in [6.07, 6.45) is 6.81. The van der Waals surface area contributed by atoms with Crippen molar-refractivity contribution in [3.63, 3.8) is 0 Å². The molecule has 0 spiro atoms. The Bertz CT molecular complexity index is 509. The molecule has 0 bridgehead atoms. The van der Waals surface area contributed by atoms with Gasteiger partial charge in [0.15, 0.2) is 0 Å². The van der Waals surface area contributed by atoms with E-state index in [2.05, 4.69) is 30.2 Å². The smallest absolute Gasteiger partial charge is 0.225 e. The van der Waals surface area contributed by atoms with Crippen LogP contribution in [0.4, 0.5) is 5.95 Å². The van der Waals surface area contributed by atoms with Gasteiger partial charge in [0, 0.05) is 44.8 Å². The molecule has 2 aromatic heterocycles. The molecule has 1 aliphatic heterocycles. The van der Waals surface area contributed by atoms with Crippen LogP contribution in [0.15, 0.2) is 30.9 Å². The standard InChI is InChI=1S/C12H14N6/c1-2-16-12(18-7-5-13-6-8-18)17-10(1)11-9-14-3-4-15-11/h1-4,9,13H,5-8H2. The third kappa shape index (κ3) is 2.28. The molecule has 0 aromatic carbocycles. The first kappa shape index (κ1) is 11.0. The number of anilines is 1. The molecule has 18 heavy (non-hydrogen) atoms. The fourth-order valence-electron chi connectivity index (χ4n) is 1.94. The highest BCUT2D eigenvalue weighted by Gasteiger charge is 2.13. The van der Waals surface area contributed by atoms with Crippen molar-refractivity contribution in [1.82, 2.24) is 25.3 Å². The number of aromatic nitrogens is 4. The molecule has 0 unspecified atom stereocenters. The number of rotatable bonds is 2. The first-order valence-corrected chi connectivity index (χ1v) is 5.98. The molecular weight excluding hydrogens is 228 g/mol. The predicted octanol–water partition coefficient (Wildman–Crippen LogP) is 0.343. The number of nitrogens with zero attached hydrogens (tertiary/aromatic N) is 5. The molecule has 0 atom stereocenters. The first-order valence-electron chi connectivity index (χ1n) is 5.98. The van der Waals surface area contributed by atoms with E-state index in [1.165, 1.54) is 0 Å². The normalized spacial score (nSPS) is 15.7. The molecule has 1 fully saturated rings. The lowest BCUT2D eigenvalue weighted by Crippen LogP contribution is -2.44. The van der Waals surface area contributed by atoms with Crippen molar-refractivity contribution < 1.29 is 0 Å². The Morgan fingerprint density at radius 3 is 2.67 bits per heavy atom. The quantitative estimate of drug-likeness (QED) is 0.819. The second kappa shape index (κ2) is 5.05. The average Bonchev–Trinajstić information content (AvgIpc) is 2.49. The summed E-state index contributed by atoms with van der Waals surface area (Å²) in [6, 6.07) is 1.86. The second-order valence-corrected chi connectivity index (χ2v) is 4.07. The van der Waals surface area contributed by atoms with Gasteiger partial charge >= 0.3 is 0 Å². The van der Waals surface area contributed by atoms with E-state index in [1.54, 1.807) is 24.8 Å². The molecule has 1 N–H and O–H groups in total. The molecule has 6 nitrogen and oxygen atoms in total. The summed E-state index contributed by atoms with van der Waals surface area (Å²) in [6.45, 7) is 3.81. The Morgan fingerprint density at radius 2 is 1.89 bits per heavy atom. The van der Waals surface area contributed by atoms with Crippen LogP contribution in [0.2, 0.25) is 0 Å². The maximum Gasteiger partial charge on any atom is 0.225 e. The number of hydrogen-bond acceptors (Lipinski definition) is 6. The Kier molecular flexibility index (Phi) is 3.10. The molecule has 0 saturated carbocycles. The number of piperazine rings is 1. The fourth-order valence-corrected chi connectivity index (χ4v) is 1.94. The van der Waals surface area contributed by atoms with E-state index in [0.29, 0.717) is 0 Å². The second-order valence-electron chi connectivity index (χ2n) is 4.07. The minimum Gasteiger partial charge on any atom is -0.338 e. The molecule has 6 heteroatoms. The molecule has 0 aliphatic carbocycles. The van der Waals surface area contributed by atoms with Gasteiger partial charge in [0.25, 0.3) is 0 Å². The van der Waals surface area contributed by atoms with Crippen molar-refractivity contribution in [2.75, 3.05) is 31.1 Å². The van der Waals surface area contributed by atoms with Gasteiger partial charge in [0.05, 0.1) is 11.9 Å². The van der Waals surface area contributed by atoms with Crippen LogP contribution in [-0.2, 0) is 0 Å². The van der Waals surface area contributed by atoms with Gasteiger partial charge in [-0.1, -0.05) is 0 Å². The number of nitrogens with one attached hydrogen (secondary N) is 1. The highest BCUT2D eigenvalue weighted by molar-refractivity contribution is 5.54. The number of hydrogen-bond donors (Lipinski definition) is 1. The summed E-state index contributed by atoms with van der Waals surface area (Å²) in [5.41, 5.74) is 1.59. The van der Waals surface area contributed by atoms with Gasteiger partial charge in [-0.3, -0.25) is 9.97 Å². The van der Waals surface area contributed by atoms with E-state index >= 15 is 0 Å². The molecule has 92 valence electrons. The van der Waals surface area contributed by atoms with E-state index in [1.807, 2.05) is 6.07 Å². The van der Waals surface area contributed by atoms with Crippen LogP contribution in [0.3, 0.4) is 0 Å². The minimum atomic E-state index is 0.764. The predicted molar refractivity (Wildman–Crippen MR) is 68.1 cm³/mol. The summed E-state index contributed by atoms with van der Waals surface area (Å²) in [5.74, 6) is 0.764. The monoisotopic (exact) mass is 242 g/mol. The van der Waals surface area contributed by atoms with Crippen LogP contribution in [0, 0.1) is 0 Å². The van der Waals surface area contributed by atoms with E-state index in [0.717, 1.165) is 43.5 Å². The summed E-state index contributed by atoms with van der Waals surface area (Å²) in [7, 11) is 0. The third-order valence-electron chi connectivity index (χ3n) is 2.87. The zero-order chi connectivity index (χ0) is 12.2. The lowest BCUT2D eigenvalue weighted by molar-refractivity contribution is 0.580. The van der Waals surface area contributed by atoms with Gasteiger partial charge in [-0.15, -0.1) is 0 Å². The zero-order valence-corrected chi connectivity index (χ0v) is 9.95. The van der Waals surface area contributed by atoms with Crippen LogP contribution in [0.5, 0.6) is 0 Å². The largest absolute Gasteiger partial charge is 0.338 e. The SMILES string of the molecule is c1cnc(-c2ccnc(N3CCNCC3)n2)cn1. The van der Waals surface area contributed by atoms with E-state index in [4.69, 9.17) is 0 Å². The Morgan fingerprint density at radius 1 is 1.00 bits per heavy atom. The molecule has 2 aromatic rings. The molecule has 3 rings (SSSR count). The van der Waals surface area contributed by atoms with Crippen LogP contribution in [-0.4, -0.2) is 46.1 Å². The average molecular weight is 242 g/mol. The van der Waals surface area contributed by atoms with Crippen molar-refractivity contribution >= 4 is 5.95 Å². The van der Waals surface area contributed by atoms with Crippen LogP contribution >= 0.6 is 0 Å². The summed E-state index contributed by atoms with van der Waals surface area (Å²) in [5, 5.41) is 3.31. The van der Waals surface area contributed by atoms with Crippen molar-refractivity contribution in [3.8, 4) is 11.4 Å². The van der Waals surface area contributed by atoms with Gasteiger partial charge in [-0.25, -0.2) is 9.97 Å². The van der Waals surface area contributed by atoms with E-state index in [9.17, 15) is 0 Å². The summed E-state index contributed by atoms with van der Waals surface area (Å²) < 4.78 is 0. The Labute approximate surface area is 105 Å². The van der Waals surface area contributed by atoms with E-state index < -0.39 is 0 Å².